The first-order valence-electron chi connectivity index (χ1n) is 7.58. The quantitative estimate of drug-likeness (QED) is 0.444. The maximum Gasteiger partial charge on any atom is 0.303 e. The van der Waals surface area contributed by atoms with Crippen LogP contribution in [0.25, 0.3) is 6.08 Å². The Kier molecular flexibility index (Phi) is 6.39. The van der Waals surface area contributed by atoms with Crippen molar-refractivity contribution in [3.8, 4) is 5.75 Å². The van der Waals surface area contributed by atoms with E-state index in [-0.39, 0.29) is 24.4 Å². The molecule has 0 fully saturated rings. The predicted molar refractivity (Wildman–Crippen MR) is 88.5 cm³/mol. The number of carboxylic acids is 1. The third-order valence-electron chi connectivity index (χ3n) is 3.31. The van der Waals surface area contributed by atoms with E-state index < -0.39 is 17.6 Å². The minimum absolute atomic E-state index is 0.00765. The lowest BCUT2D eigenvalue weighted by Crippen LogP contribution is -2.02. The van der Waals surface area contributed by atoms with Gasteiger partial charge in [-0.1, -0.05) is 0 Å². The minimum atomic E-state index is -0.883. The van der Waals surface area contributed by atoms with Crippen LogP contribution >= 0.6 is 0 Å². The first-order valence-corrected chi connectivity index (χ1v) is 7.58. The Bertz CT molecular complexity index is 783. The van der Waals surface area contributed by atoms with Crippen LogP contribution in [0.2, 0.25) is 0 Å². The maximum absolute atomic E-state index is 13.5. The van der Waals surface area contributed by atoms with Gasteiger partial charge in [0, 0.05) is 17.5 Å². The molecule has 0 aliphatic rings. The fourth-order valence-corrected chi connectivity index (χ4v) is 2.03. The molecule has 0 aromatic heterocycles. The summed E-state index contributed by atoms with van der Waals surface area (Å²) in [4.78, 5) is 22.4. The van der Waals surface area contributed by atoms with E-state index in [0.717, 1.165) is 18.2 Å². The molecule has 0 spiro atoms. The molecule has 25 heavy (non-hydrogen) atoms. The first-order chi connectivity index (χ1) is 12.0. The molecule has 0 heterocycles. The Morgan fingerprint density at radius 2 is 1.80 bits per heavy atom. The number of aliphatic carboxylic acids is 1. The maximum atomic E-state index is 13.5. The largest absolute Gasteiger partial charge is 0.494 e. The molecule has 0 saturated carbocycles. The Morgan fingerprint density at radius 1 is 1.08 bits per heavy atom. The molecule has 1 N–H and O–H groups in total. The monoisotopic (exact) mass is 346 g/mol. The lowest BCUT2D eigenvalue weighted by Gasteiger charge is -2.05. The number of allylic oxidation sites excluding steroid dienone is 1. The molecule has 0 bridgehead atoms. The summed E-state index contributed by atoms with van der Waals surface area (Å²) in [6.07, 6.45) is 2.80. The Morgan fingerprint density at radius 3 is 2.48 bits per heavy atom. The van der Waals surface area contributed by atoms with Gasteiger partial charge in [-0.25, -0.2) is 8.78 Å². The van der Waals surface area contributed by atoms with Crippen LogP contribution in [0.3, 0.4) is 0 Å². The van der Waals surface area contributed by atoms with Crippen molar-refractivity contribution < 1.29 is 28.2 Å². The van der Waals surface area contributed by atoms with Crippen molar-refractivity contribution in [2.75, 3.05) is 6.61 Å². The van der Waals surface area contributed by atoms with Crippen molar-refractivity contribution in [1.82, 2.24) is 0 Å². The number of carbonyl (C=O) groups is 2. The molecule has 6 heteroatoms. The number of ether oxygens (including phenoxy) is 1. The van der Waals surface area contributed by atoms with E-state index in [0.29, 0.717) is 17.7 Å². The number of carbonyl (C=O) groups excluding carboxylic acids is 1. The Balaban J connectivity index is 1.94. The van der Waals surface area contributed by atoms with Gasteiger partial charge in [0.05, 0.1) is 6.61 Å². The van der Waals surface area contributed by atoms with E-state index >= 15 is 0 Å². The number of halogens is 2. The average molecular weight is 346 g/mol. The summed E-state index contributed by atoms with van der Waals surface area (Å²) < 4.78 is 31.9. The Labute approximate surface area is 143 Å². The van der Waals surface area contributed by atoms with Crippen LogP contribution in [-0.2, 0) is 4.79 Å². The standard InChI is InChI=1S/C19H16F2O4/c20-15-6-9-17(21)14(12-15)5-10-18(22)13-3-7-16(8-4-13)25-11-1-2-19(23)24/h3-10,12H,1-2,11H2,(H,23,24)/b10-5+. The van der Waals surface area contributed by atoms with Gasteiger partial charge in [-0.2, -0.15) is 0 Å². The molecule has 0 unspecified atom stereocenters. The number of benzene rings is 2. The minimum Gasteiger partial charge on any atom is -0.494 e. The average Bonchev–Trinajstić information content (AvgIpc) is 2.59. The van der Waals surface area contributed by atoms with Gasteiger partial charge in [0.1, 0.15) is 17.4 Å². The van der Waals surface area contributed by atoms with Crippen molar-refractivity contribution >= 4 is 17.8 Å². The number of carboxylic acid groups (broad SMARTS) is 1. The molecule has 2 aromatic carbocycles. The molecular weight excluding hydrogens is 330 g/mol. The number of hydrogen-bond acceptors (Lipinski definition) is 3. The molecule has 4 nitrogen and oxygen atoms in total. The molecule has 0 aliphatic carbocycles. The van der Waals surface area contributed by atoms with E-state index in [9.17, 15) is 18.4 Å². The molecule has 2 aromatic rings. The lowest BCUT2D eigenvalue weighted by molar-refractivity contribution is -0.137. The van der Waals surface area contributed by atoms with Crippen molar-refractivity contribution in [1.29, 1.82) is 0 Å². The van der Waals surface area contributed by atoms with Gasteiger partial charge >= 0.3 is 5.97 Å². The van der Waals surface area contributed by atoms with Gasteiger partial charge in [0.25, 0.3) is 0 Å². The highest BCUT2D eigenvalue weighted by molar-refractivity contribution is 6.06. The van der Waals surface area contributed by atoms with E-state index in [1.165, 1.54) is 12.2 Å². The molecule has 0 radical (unpaired) electrons. The summed E-state index contributed by atoms with van der Waals surface area (Å²) in [5.74, 6) is -1.93. The molecule has 0 saturated heterocycles. The van der Waals surface area contributed by atoms with Gasteiger partial charge in [-0.15, -0.1) is 0 Å². The summed E-state index contributed by atoms with van der Waals surface area (Å²) in [5, 5.41) is 8.53. The topological polar surface area (TPSA) is 63.6 Å². The highest BCUT2D eigenvalue weighted by Gasteiger charge is 2.05. The normalized spacial score (nSPS) is 10.8. The van der Waals surface area contributed by atoms with Crippen LogP contribution in [0.4, 0.5) is 8.78 Å². The third kappa shape index (κ3) is 5.84. The van der Waals surface area contributed by atoms with Crippen LogP contribution in [-0.4, -0.2) is 23.5 Å². The highest BCUT2D eigenvalue weighted by Crippen LogP contribution is 2.15. The van der Waals surface area contributed by atoms with Gasteiger partial charge in [-0.3, -0.25) is 9.59 Å². The van der Waals surface area contributed by atoms with Gasteiger partial charge in [0.15, 0.2) is 5.78 Å². The summed E-state index contributed by atoms with van der Waals surface area (Å²) in [6.45, 7) is 0.262. The summed E-state index contributed by atoms with van der Waals surface area (Å²) in [7, 11) is 0. The lowest BCUT2D eigenvalue weighted by atomic mass is 10.1. The predicted octanol–water partition coefficient (Wildman–Crippen LogP) is 4.10. The first kappa shape index (κ1) is 18.3. The zero-order chi connectivity index (χ0) is 18.2. The highest BCUT2D eigenvalue weighted by atomic mass is 19.1. The molecule has 0 aliphatic heterocycles. The van der Waals surface area contributed by atoms with Gasteiger partial charge in [0.2, 0.25) is 0 Å². The summed E-state index contributed by atoms with van der Waals surface area (Å²) in [5.41, 5.74) is 0.359. The zero-order valence-electron chi connectivity index (χ0n) is 13.2. The van der Waals surface area contributed by atoms with Gasteiger partial charge < -0.3 is 9.84 Å². The summed E-state index contributed by atoms with van der Waals surface area (Å²) >= 11 is 0. The molecule has 0 atom stereocenters. The van der Waals surface area contributed by atoms with E-state index in [1.807, 2.05) is 0 Å². The number of rotatable bonds is 8. The van der Waals surface area contributed by atoms with Crippen LogP contribution in [0.1, 0.15) is 28.8 Å². The second-order valence-electron chi connectivity index (χ2n) is 5.23. The molecular formula is C19H16F2O4. The second kappa shape index (κ2) is 8.73. The number of ketones is 1. The van der Waals surface area contributed by atoms with Crippen LogP contribution in [0.15, 0.2) is 48.5 Å². The third-order valence-corrected chi connectivity index (χ3v) is 3.31. The molecule has 0 amide bonds. The van der Waals surface area contributed by atoms with E-state index in [2.05, 4.69) is 0 Å². The molecule has 2 rings (SSSR count). The van der Waals surface area contributed by atoms with Crippen LogP contribution < -0.4 is 4.74 Å². The zero-order valence-corrected chi connectivity index (χ0v) is 13.2. The van der Waals surface area contributed by atoms with Crippen molar-refractivity contribution in [3.63, 3.8) is 0 Å². The molecule has 130 valence electrons. The van der Waals surface area contributed by atoms with Gasteiger partial charge in [-0.05, 0) is 61.0 Å². The van der Waals surface area contributed by atoms with Crippen molar-refractivity contribution in [2.45, 2.75) is 12.8 Å². The summed E-state index contributed by atoms with van der Waals surface area (Å²) in [6, 6.07) is 9.27. The fraction of sp³-hybridized carbons (Fsp3) is 0.158. The van der Waals surface area contributed by atoms with Crippen LogP contribution in [0.5, 0.6) is 5.75 Å². The fourth-order valence-electron chi connectivity index (χ4n) is 2.03. The van der Waals surface area contributed by atoms with E-state index in [4.69, 9.17) is 9.84 Å². The second-order valence-corrected chi connectivity index (χ2v) is 5.23. The number of hydrogen-bond donors (Lipinski definition) is 1. The SMILES string of the molecule is O=C(O)CCCOc1ccc(C(=O)/C=C/c2cc(F)ccc2F)cc1. The van der Waals surface area contributed by atoms with Crippen molar-refractivity contribution in [3.05, 3.63) is 71.3 Å². The van der Waals surface area contributed by atoms with E-state index in [1.54, 1.807) is 24.3 Å². The Hall–Kier alpha value is -3.02. The van der Waals surface area contributed by atoms with Crippen LogP contribution in [0, 0.1) is 11.6 Å². The smallest absolute Gasteiger partial charge is 0.303 e. The van der Waals surface area contributed by atoms with Crippen molar-refractivity contribution in [2.24, 2.45) is 0 Å².